The van der Waals surface area contributed by atoms with Crippen molar-refractivity contribution in [1.82, 2.24) is 9.13 Å². The molecule has 2 aromatic rings. The highest BCUT2D eigenvalue weighted by Crippen LogP contribution is 2.27. The van der Waals surface area contributed by atoms with E-state index >= 15 is 0 Å². The number of Topliss-reactive ketones (excluding diaryl/α,β-unsaturated/α-hetero) is 1. The van der Waals surface area contributed by atoms with Gasteiger partial charge in [0.05, 0.1) is 5.70 Å². The van der Waals surface area contributed by atoms with Crippen molar-refractivity contribution in [3.8, 4) is 0 Å². The standard InChI is InChI=1S/C17H16ClN3O3/c1-3-8-21-15-13(16(23)20(2)17(21)24)14(22)12(19-15)9-10-6-4-5-7-11(10)18/h4-7,9,19H,3,8H2,1-2H3/b12-9-. The second-order valence-corrected chi connectivity index (χ2v) is 5.96. The number of nitrogens with one attached hydrogen (secondary N) is 1. The molecule has 0 aliphatic carbocycles. The Morgan fingerprint density at radius 3 is 2.58 bits per heavy atom. The van der Waals surface area contributed by atoms with Gasteiger partial charge in [-0.25, -0.2) is 4.79 Å². The molecule has 7 heteroatoms. The van der Waals surface area contributed by atoms with E-state index in [-0.39, 0.29) is 17.1 Å². The van der Waals surface area contributed by atoms with Gasteiger partial charge in [0.25, 0.3) is 5.56 Å². The summed E-state index contributed by atoms with van der Waals surface area (Å²) in [6.45, 7) is 2.33. The third kappa shape index (κ3) is 2.49. The van der Waals surface area contributed by atoms with Crippen molar-refractivity contribution in [3.05, 3.63) is 67.0 Å². The highest BCUT2D eigenvalue weighted by Gasteiger charge is 2.32. The normalized spacial score (nSPS) is 14.8. The molecule has 0 bridgehead atoms. The summed E-state index contributed by atoms with van der Waals surface area (Å²) in [5.41, 5.74) is -0.166. The third-order valence-corrected chi connectivity index (χ3v) is 4.26. The van der Waals surface area contributed by atoms with Gasteiger partial charge in [-0.15, -0.1) is 0 Å². The monoisotopic (exact) mass is 345 g/mol. The number of hydrogen-bond acceptors (Lipinski definition) is 4. The maximum Gasteiger partial charge on any atom is 0.332 e. The average molecular weight is 346 g/mol. The topological polar surface area (TPSA) is 73.1 Å². The van der Waals surface area contributed by atoms with Crippen LogP contribution in [0.25, 0.3) is 6.08 Å². The second-order valence-electron chi connectivity index (χ2n) is 5.56. The molecule has 1 aromatic carbocycles. The van der Waals surface area contributed by atoms with Crippen LogP contribution in [-0.2, 0) is 13.6 Å². The lowest BCUT2D eigenvalue weighted by molar-refractivity contribution is 0.104. The first-order chi connectivity index (χ1) is 11.5. The first-order valence-electron chi connectivity index (χ1n) is 7.57. The maximum atomic E-state index is 12.7. The lowest BCUT2D eigenvalue weighted by Crippen LogP contribution is -2.40. The fourth-order valence-corrected chi connectivity index (χ4v) is 2.89. The summed E-state index contributed by atoms with van der Waals surface area (Å²) in [4.78, 5) is 37.3. The molecule has 0 saturated heterocycles. The molecule has 0 saturated carbocycles. The number of fused-ring (bicyclic) bond motifs is 1. The molecule has 1 N–H and O–H groups in total. The second kappa shape index (κ2) is 6.13. The molecule has 6 nitrogen and oxygen atoms in total. The summed E-state index contributed by atoms with van der Waals surface area (Å²) in [6, 6.07) is 7.08. The summed E-state index contributed by atoms with van der Waals surface area (Å²) >= 11 is 6.12. The Morgan fingerprint density at radius 1 is 1.21 bits per heavy atom. The van der Waals surface area contributed by atoms with Gasteiger partial charge in [-0.05, 0) is 24.1 Å². The van der Waals surface area contributed by atoms with Crippen molar-refractivity contribution in [2.45, 2.75) is 19.9 Å². The van der Waals surface area contributed by atoms with Crippen LogP contribution < -0.4 is 16.6 Å². The van der Waals surface area contributed by atoms with Crippen LogP contribution >= 0.6 is 11.6 Å². The van der Waals surface area contributed by atoms with Gasteiger partial charge in [0.1, 0.15) is 11.4 Å². The maximum absolute atomic E-state index is 12.7. The molecular formula is C17H16ClN3O3. The van der Waals surface area contributed by atoms with Crippen molar-refractivity contribution in [2.24, 2.45) is 7.05 Å². The Kier molecular flexibility index (Phi) is 4.15. The number of carbonyl (C=O) groups is 1. The number of rotatable bonds is 3. The van der Waals surface area contributed by atoms with Gasteiger partial charge in [0.2, 0.25) is 5.78 Å². The van der Waals surface area contributed by atoms with Crippen LogP contribution in [0.4, 0.5) is 5.82 Å². The van der Waals surface area contributed by atoms with Crippen LogP contribution in [0, 0.1) is 0 Å². The van der Waals surface area contributed by atoms with E-state index in [1.807, 2.05) is 6.92 Å². The van der Waals surface area contributed by atoms with Crippen LogP contribution in [0.5, 0.6) is 0 Å². The van der Waals surface area contributed by atoms with Gasteiger partial charge < -0.3 is 5.32 Å². The summed E-state index contributed by atoms with van der Waals surface area (Å²) in [5, 5.41) is 3.42. The SMILES string of the molecule is CCCn1c2c(c(=O)n(C)c1=O)C(=O)/C(=C/c1ccccc1Cl)N2. The summed E-state index contributed by atoms with van der Waals surface area (Å²) < 4.78 is 2.38. The molecule has 1 aromatic heterocycles. The van der Waals surface area contributed by atoms with E-state index in [1.54, 1.807) is 30.3 Å². The van der Waals surface area contributed by atoms with Crippen molar-refractivity contribution < 1.29 is 4.79 Å². The van der Waals surface area contributed by atoms with Crippen LogP contribution in [0.1, 0.15) is 29.3 Å². The highest BCUT2D eigenvalue weighted by atomic mass is 35.5. The van der Waals surface area contributed by atoms with Gasteiger partial charge in [-0.3, -0.25) is 18.7 Å². The fourth-order valence-electron chi connectivity index (χ4n) is 2.70. The van der Waals surface area contributed by atoms with Crippen molar-refractivity contribution >= 4 is 29.3 Å². The first-order valence-corrected chi connectivity index (χ1v) is 7.95. The van der Waals surface area contributed by atoms with E-state index < -0.39 is 17.0 Å². The number of nitrogens with zero attached hydrogens (tertiary/aromatic N) is 2. The predicted octanol–water partition coefficient (Wildman–Crippen LogP) is 2.26. The van der Waals surface area contributed by atoms with Crippen molar-refractivity contribution in [3.63, 3.8) is 0 Å². The molecule has 2 heterocycles. The molecule has 0 fully saturated rings. The lowest BCUT2D eigenvalue weighted by atomic mass is 10.1. The number of anilines is 1. The molecule has 3 rings (SSSR count). The van der Waals surface area contributed by atoms with Crippen LogP contribution in [0.3, 0.4) is 0 Å². The molecule has 1 aliphatic rings. The first kappa shape index (κ1) is 16.3. The average Bonchev–Trinajstić information content (AvgIpc) is 2.88. The Bertz CT molecular complexity index is 986. The molecule has 0 atom stereocenters. The lowest BCUT2D eigenvalue weighted by Gasteiger charge is -2.11. The Balaban J connectivity index is 2.19. The van der Waals surface area contributed by atoms with Gasteiger partial charge in [0, 0.05) is 18.6 Å². The summed E-state index contributed by atoms with van der Waals surface area (Å²) in [6.07, 6.45) is 2.29. The molecule has 0 amide bonds. The minimum absolute atomic E-state index is 0.0103. The van der Waals surface area contributed by atoms with E-state index in [4.69, 9.17) is 11.6 Å². The summed E-state index contributed by atoms with van der Waals surface area (Å²) in [5.74, 6) is -0.177. The van der Waals surface area contributed by atoms with Gasteiger partial charge >= 0.3 is 5.69 Å². The smallest absolute Gasteiger partial charge is 0.332 e. The minimum atomic E-state index is -0.595. The molecule has 24 heavy (non-hydrogen) atoms. The number of hydrogen-bond donors (Lipinski definition) is 1. The molecule has 0 radical (unpaired) electrons. The Morgan fingerprint density at radius 2 is 1.92 bits per heavy atom. The van der Waals surface area contributed by atoms with Crippen molar-refractivity contribution in [2.75, 3.05) is 5.32 Å². The number of carbonyl (C=O) groups excluding carboxylic acids is 1. The van der Waals surface area contributed by atoms with E-state index in [0.29, 0.717) is 23.6 Å². The van der Waals surface area contributed by atoms with Crippen LogP contribution in [0.15, 0.2) is 39.6 Å². The van der Waals surface area contributed by atoms with Gasteiger partial charge in [-0.1, -0.05) is 36.7 Å². The number of halogens is 1. The molecule has 0 spiro atoms. The minimum Gasteiger partial charge on any atom is -0.338 e. The predicted molar refractivity (Wildman–Crippen MR) is 93.6 cm³/mol. The van der Waals surface area contributed by atoms with Gasteiger partial charge in [-0.2, -0.15) is 0 Å². The molecule has 0 unspecified atom stereocenters. The zero-order valence-electron chi connectivity index (χ0n) is 13.3. The van der Waals surface area contributed by atoms with E-state index in [0.717, 1.165) is 4.57 Å². The summed E-state index contributed by atoms with van der Waals surface area (Å²) in [7, 11) is 1.38. The van der Waals surface area contributed by atoms with Gasteiger partial charge in [0.15, 0.2) is 0 Å². The zero-order valence-corrected chi connectivity index (χ0v) is 14.1. The highest BCUT2D eigenvalue weighted by molar-refractivity contribution is 6.32. The third-order valence-electron chi connectivity index (χ3n) is 3.92. The van der Waals surface area contributed by atoms with Crippen molar-refractivity contribution in [1.29, 1.82) is 0 Å². The van der Waals surface area contributed by atoms with E-state index in [9.17, 15) is 14.4 Å². The molecule has 124 valence electrons. The zero-order chi connectivity index (χ0) is 17.4. The van der Waals surface area contributed by atoms with E-state index in [2.05, 4.69) is 5.32 Å². The van der Waals surface area contributed by atoms with Crippen LogP contribution in [0.2, 0.25) is 5.02 Å². The number of aromatic nitrogens is 2. The molecular weight excluding hydrogens is 330 g/mol. The quantitative estimate of drug-likeness (QED) is 0.866. The largest absolute Gasteiger partial charge is 0.338 e. The Hall–Kier alpha value is -2.60. The number of benzene rings is 1. The van der Waals surface area contributed by atoms with E-state index in [1.165, 1.54) is 11.6 Å². The van der Waals surface area contributed by atoms with Crippen LogP contribution in [-0.4, -0.2) is 14.9 Å². The fraction of sp³-hybridized carbons (Fsp3) is 0.235. The Labute approximate surface area is 143 Å². The molecule has 1 aliphatic heterocycles. The number of ketones is 1. The number of allylic oxidation sites excluding steroid dienone is 1.